The lowest BCUT2D eigenvalue weighted by Crippen LogP contribution is -2.08. The number of carbonyl (C=O) groups excluding carboxylic acids is 2. The average molecular weight is 325 g/mol. The van der Waals surface area contributed by atoms with Crippen LogP contribution >= 0.6 is 11.8 Å². The zero-order valence-electron chi connectivity index (χ0n) is 13.5. The van der Waals surface area contributed by atoms with Gasteiger partial charge in [-0.3, -0.25) is 9.59 Å². The zero-order valence-corrected chi connectivity index (χ0v) is 14.3. The molecule has 0 fully saturated rings. The van der Waals surface area contributed by atoms with Gasteiger partial charge in [-0.2, -0.15) is 0 Å². The van der Waals surface area contributed by atoms with Gasteiger partial charge < -0.3 is 5.32 Å². The molecule has 0 unspecified atom stereocenters. The summed E-state index contributed by atoms with van der Waals surface area (Å²) in [6.07, 6.45) is 0. The number of thioether (sulfide) groups is 1. The molecule has 3 rings (SSSR count). The molecule has 3 nitrogen and oxygen atoms in total. The first-order chi connectivity index (χ1) is 11.0. The number of hydrogen-bond donors (Lipinski definition) is 1. The predicted molar refractivity (Wildman–Crippen MR) is 94.5 cm³/mol. The van der Waals surface area contributed by atoms with E-state index in [0.29, 0.717) is 11.3 Å². The topological polar surface area (TPSA) is 46.2 Å². The molecular formula is C19H19NO2S. The molecule has 1 aliphatic heterocycles. The summed E-state index contributed by atoms with van der Waals surface area (Å²) in [5, 5.41) is 2.83. The second-order valence-corrected chi connectivity index (χ2v) is 7.01. The number of carbonyl (C=O) groups is 2. The van der Waals surface area contributed by atoms with E-state index in [2.05, 4.69) is 37.4 Å². The van der Waals surface area contributed by atoms with Crippen LogP contribution in [0.25, 0.3) is 0 Å². The molecule has 118 valence electrons. The number of ketones is 1. The largest absolute Gasteiger partial charge is 0.325 e. The van der Waals surface area contributed by atoms with Gasteiger partial charge in [-0.1, -0.05) is 17.7 Å². The molecule has 0 spiro atoms. The highest BCUT2D eigenvalue weighted by molar-refractivity contribution is 8.00. The van der Waals surface area contributed by atoms with Crippen LogP contribution in [0.5, 0.6) is 0 Å². The minimum atomic E-state index is -0.190. The number of benzene rings is 2. The Morgan fingerprint density at radius 2 is 1.96 bits per heavy atom. The molecular weight excluding hydrogens is 306 g/mol. The van der Waals surface area contributed by atoms with Gasteiger partial charge in [-0.05, 0) is 56.2 Å². The van der Waals surface area contributed by atoms with Gasteiger partial charge in [0, 0.05) is 16.1 Å². The van der Waals surface area contributed by atoms with Gasteiger partial charge in [0.1, 0.15) is 0 Å². The van der Waals surface area contributed by atoms with E-state index >= 15 is 0 Å². The molecule has 0 aromatic heterocycles. The molecule has 23 heavy (non-hydrogen) atoms. The molecule has 0 saturated carbocycles. The summed E-state index contributed by atoms with van der Waals surface area (Å²) < 4.78 is 0. The van der Waals surface area contributed by atoms with Crippen molar-refractivity contribution >= 4 is 29.1 Å². The molecule has 1 atom stereocenters. The molecule has 4 heteroatoms. The average Bonchev–Trinajstić information content (AvgIpc) is 2.82. The van der Waals surface area contributed by atoms with Gasteiger partial charge in [-0.15, -0.1) is 11.8 Å². The Bertz CT molecular complexity index is 798. The van der Waals surface area contributed by atoms with Crippen molar-refractivity contribution < 1.29 is 9.59 Å². The van der Waals surface area contributed by atoms with Crippen LogP contribution in [0.3, 0.4) is 0 Å². The van der Waals surface area contributed by atoms with E-state index < -0.39 is 0 Å². The monoisotopic (exact) mass is 325 g/mol. The Hall–Kier alpha value is -2.07. The Kier molecular flexibility index (Phi) is 4.26. The molecule has 1 aliphatic rings. The molecule has 1 heterocycles. The Morgan fingerprint density at radius 1 is 1.17 bits per heavy atom. The normalized spacial score (nSPS) is 16.1. The van der Waals surface area contributed by atoms with Crippen LogP contribution in [0.2, 0.25) is 0 Å². The highest BCUT2D eigenvalue weighted by atomic mass is 32.2. The van der Waals surface area contributed by atoms with Crippen molar-refractivity contribution in [3.05, 3.63) is 58.7 Å². The third kappa shape index (κ3) is 3.17. The summed E-state index contributed by atoms with van der Waals surface area (Å²) in [7, 11) is 0. The van der Waals surface area contributed by atoms with E-state index in [1.807, 2.05) is 19.1 Å². The van der Waals surface area contributed by atoms with E-state index in [4.69, 9.17) is 0 Å². The maximum Gasteiger partial charge on any atom is 0.231 e. The fourth-order valence-corrected chi connectivity index (χ4v) is 3.70. The van der Waals surface area contributed by atoms with Gasteiger partial charge in [0.25, 0.3) is 0 Å². The minimum Gasteiger partial charge on any atom is -0.325 e. The van der Waals surface area contributed by atoms with Crippen LogP contribution in [-0.4, -0.2) is 17.4 Å². The Morgan fingerprint density at radius 3 is 2.74 bits per heavy atom. The maximum absolute atomic E-state index is 12.5. The SMILES string of the molecule is Cc1ccc(C)c(SCC(=O)c2ccc3c(c2)[C@H](C)C(=O)N3)c1. The van der Waals surface area contributed by atoms with E-state index in [-0.39, 0.29) is 17.6 Å². The van der Waals surface area contributed by atoms with Gasteiger partial charge in [0.05, 0.1) is 11.7 Å². The summed E-state index contributed by atoms with van der Waals surface area (Å²) in [5.74, 6) is 0.294. The summed E-state index contributed by atoms with van der Waals surface area (Å²) in [5.41, 5.74) is 4.79. The summed E-state index contributed by atoms with van der Waals surface area (Å²) in [6.45, 7) is 5.97. The van der Waals surface area contributed by atoms with E-state index in [1.54, 1.807) is 17.8 Å². The fourth-order valence-electron chi connectivity index (χ4n) is 2.68. The standard InChI is InChI=1S/C19H19NO2S/c1-11-4-5-12(2)18(8-11)23-10-17(21)14-6-7-16-15(9-14)13(3)19(22)20-16/h4-9,13H,10H2,1-3H3,(H,20,22)/t13-/m0/s1. The summed E-state index contributed by atoms with van der Waals surface area (Å²) in [6, 6.07) is 11.7. The van der Waals surface area contributed by atoms with Crippen molar-refractivity contribution in [1.82, 2.24) is 0 Å². The van der Waals surface area contributed by atoms with E-state index in [0.717, 1.165) is 16.1 Å². The predicted octanol–water partition coefficient (Wildman–Crippen LogP) is 4.33. The number of Topliss-reactive ketones (excluding diaryl/α,β-unsaturated/α-hetero) is 1. The third-order valence-electron chi connectivity index (χ3n) is 4.19. The van der Waals surface area contributed by atoms with Gasteiger partial charge in [0.15, 0.2) is 5.78 Å². The lowest BCUT2D eigenvalue weighted by atomic mass is 9.99. The molecule has 0 saturated heterocycles. The van der Waals surface area contributed by atoms with E-state index in [1.165, 1.54) is 11.1 Å². The molecule has 2 aromatic carbocycles. The Balaban J connectivity index is 1.75. The molecule has 2 aromatic rings. The number of hydrogen-bond acceptors (Lipinski definition) is 3. The van der Waals surface area contributed by atoms with Crippen molar-refractivity contribution in [3.63, 3.8) is 0 Å². The molecule has 0 bridgehead atoms. The second-order valence-electron chi connectivity index (χ2n) is 5.99. The van der Waals surface area contributed by atoms with Crippen molar-refractivity contribution in [2.45, 2.75) is 31.6 Å². The van der Waals surface area contributed by atoms with Crippen molar-refractivity contribution in [2.75, 3.05) is 11.1 Å². The molecule has 1 amide bonds. The van der Waals surface area contributed by atoms with Gasteiger partial charge in [0.2, 0.25) is 5.91 Å². The van der Waals surface area contributed by atoms with Crippen LogP contribution in [-0.2, 0) is 4.79 Å². The first-order valence-corrected chi connectivity index (χ1v) is 8.62. The van der Waals surface area contributed by atoms with Crippen LogP contribution in [0.4, 0.5) is 5.69 Å². The first-order valence-electron chi connectivity index (χ1n) is 7.64. The fraction of sp³-hybridized carbons (Fsp3) is 0.263. The number of nitrogens with one attached hydrogen (secondary N) is 1. The van der Waals surface area contributed by atoms with E-state index in [9.17, 15) is 9.59 Å². The number of amides is 1. The minimum absolute atomic E-state index is 0.00522. The Labute approximate surface area is 140 Å². The van der Waals surface area contributed by atoms with Crippen LogP contribution in [0.1, 0.15) is 39.9 Å². The van der Waals surface area contributed by atoms with Crippen LogP contribution in [0, 0.1) is 13.8 Å². The molecule has 0 radical (unpaired) electrons. The summed E-state index contributed by atoms with van der Waals surface area (Å²) in [4.78, 5) is 25.3. The van der Waals surface area contributed by atoms with Crippen LogP contribution < -0.4 is 5.32 Å². The summed E-state index contributed by atoms with van der Waals surface area (Å²) >= 11 is 1.57. The number of rotatable bonds is 4. The quantitative estimate of drug-likeness (QED) is 0.672. The second kappa shape index (κ2) is 6.20. The lowest BCUT2D eigenvalue weighted by molar-refractivity contribution is -0.116. The third-order valence-corrected chi connectivity index (χ3v) is 5.35. The van der Waals surface area contributed by atoms with Crippen molar-refractivity contribution in [3.8, 4) is 0 Å². The zero-order chi connectivity index (χ0) is 16.6. The molecule has 0 aliphatic carbocycles. The highest BCUT2D eigenvalue weighted by Gasteiger charge is 2.27. The van der Waals surface area contributed by atoms with Gasteiger partial charge >= 0.3 is 0 Å². The number of fused-ring (bicyclic) bond motifs is 1. The van der Waals surface area contributed by atoms with Crippen LogP contribution in [0.15, 0.2) is 41.3 Å². The number of aryl methyl sites for hydroxylation is 2. The van der Waals surface area contributed by atoms with Crippen molar-refractivity contribution in [1.29, 1.82) is 0 Å². The van der Waals surface area contributed by atoms with Crippen molar-refractivity contribution in [2.24, 2.45) is 0 Å². The molecule has 1 N–H and O–H groups in total. The first kappa shape index (κ1) is 15.8. The highest BCUT2D eigenvalue weighted by Crippen LogP contribution is 2.33. The smallest absolute Gasteiger partial charge is 0.231 e. The maximum atomic E-state index is 12.5. The van der Waals surface area contributed by atoms with Gasteiger partial charge in [-0.25, -0.2) is 0 Å². The number of anilines is 1. The lowest BCUT2D eigenvalue weighted by Gasteiger charge is -2.08.